The standard InChI is InChI=1S/C11H17N3O2S/c1-13-2-4-14(5-3-13)12-7-10-6-9(8-17-10)11(15)16/h6,8,12H,2-5,7H2,1H3,(H,15,16). The van der Waals surface area contributed by atoms with Gasteiger partial charge in [-0.1, -0.05) is 0 Å². The summed E-state index contributed by atoms with van der Waals surface area (Å²) in [6.07, 6.45) is 0. The van der Waals surface area contributed by atoms with Crippen molar-refractivity contribution in [1.29, 1.82) is 0 Å². The second kappa shape index (κ2) is 5.59. The number of carboxylic acid groups (broad SMARTS) is 1. The van der Waals surface area contributed by atoms with Gasteiger partial charge in [-0.15, -0.1) is 11.3 Å². The van der Waals surface area contributed by atoms with Crippen molar-refractivity contribution in [2.45, 2.75) is 6.54 Å². The number of carboxylic acids is 1. The van der Waals surface area contributed by atoms with Crippen LogP contribution in [-0.4, -0.2) is 54.2 Å². The number of nitrogens with one attached hydrogen (secondary N) is 1. The van der Waals surface area contributed by atoms with E-state index in [-0.39, 0.29) is 0 Å². The van der Waals surface area contributed by atoms with Crippen LogP contribution in [0.5, 0.6) is 0 Å². The van der Waals surface area contributed by atoms with Gasteiger partial charge in [-0.05, 0) is 13.1 Å². The molecule has 0 spiro atoms. The van der Waals surface area contributed by atoms with Gasteiger partial charge in [0.05, 0.1) is 5.56 Å². The minimum Gasteiger partial charge on any atom is -0.478 e. The van der Waals surface area contributed by atoms with E-state index in [9.17, 15) is 4.79 Å². The fourth-order valence-corrected chi connectivity index (χ4v) is 2.53. The second-order valence-corrected chi connectivity index (χ2v) is 5.23. The molecule has 6 heteroatoms. The molecule has 2 N–H and O–H groups in total. The van der Waals surface area contributed by atoms with E-state index in [1.54, 1.807) is 11.4 Å². The highest BCUT2D eigenvalue weighted by molar-refractivity contribution is 7.10. The molecular weight excluding hydrogens is 238 g/mol. The SMILES string of the molecule is CN1CCN(NCc2cc(C(=O)O)cs2)CC1. The Bertz CT molecular complexity index is 386. The van der Waals surface area contributed by atoms with Gasteiger partial charge in [0, 0.05) is 43.0 Å². The number of nitrogens with zero attached hydrogens (tertiary/aromatic N) is 2. The quantitative estimate of drug-likeness (QED) is 0.829. The number of thiophene rings is 1. The first-order chi connectivity index (χ1) is 8.15. The first-order valence-electron chi connectivity index (χ1n) is 5.63. The molecule has 0 bridgehead atoms. The minimum absolute atomic E-state index is 0.380. The Hall–Kier alpha value is -0.950. The molecule has 0 unspecified atom stereocenters. The molecular formula is C11H17N3O2S. The number of hydrogen-bond acceptors (Lipinski definition) is 5. The lowest BCUT2D eigenvalue weighted by Gasteiger charge is -2.32. The summed E-state index contributed by atoms with van der Waals surface area (Å²) < 4.78 is 0. The van der Waals surface area contributed by atoms with Gasteiger partial charge in [0.2, 0.25) is 0 Å². The lowest BCUT2D eigenvalue weighted by atomic mass is 10.3. The van der Waals surface area contributed by atoms with Crippen molar-refractivity contribution in [2.24, 2.45) is 0 Å². The fraction of sp³-hybridized carbons (Fsp3) is 0.545. The Morgan fingerprint density at radius 1 is 1.47 bits per heavy atom. The van der Waals surface area contributed by atoms with Gasteiger partial charge in [0.15, 0.2) is 0 Å². The van der Waals surface area contributed by atoms with Gasteiger partial charge < -0.3 is 10.0 Å². The number of aromatic carboxylic acids is 1. The van der Waals surface area contributed by atoms with E-state index in [1.165, 1.54) is 11.3 Å². The largest absolute Gasteiger partial charge is 0.478 e. The third-order valence-electron chi connectivity index (χ3n) is 2.88. The maximum Gasteiger partial charge on any atom is 0.336 e. The Morgan fingerprint density at radius 3 is 2.76 bits per heavy atom. The Balaban J connectivity index is 1.79. The van der Waals surface area contributed by atoms with Crippen LogP contribution >= 0.6 is 11.3 Å². The zero-order valence-electron chi connectivity index (χ0n) is 9.85. The molecule has 94 valence electrons. The zero-order chi connectivity index (χ0) is 12.3. The summed E-state index contributed by atoms with van der Waals surface area (Å²) in [5, 5.41) is 12.7. The van der Waals surface area contributed by atoms with E-state index in [0.717, 1.165) is 31.1 Å². The average Bonchev–Trinajstić information content (AvgIpc) is 2.77. The molecule has 0 radical (unpaired) electrons. The molecule has 1 aliphatic rings. The predicted octanol–water partition coefficient (Wildman–Crippen LogP) is 0.698. The normalized spacial score (nSPS) is 18.4. The predicted molar refractivity (Wildman–Crippen MR) is 67.2 cm³/mol. The third-order valence-corrected chi connectivity index (χ3v) is 3.82. The Labute approximate surface area is 105 Å². The molecule has 5 nitrogen and oxygen atoms in total. The number of piperazine rings is 1. The first-order valence-corrected chi connectivity index (χ1v) is 6.51. The van der Waals surface area contributed by atoms with Crippen molar-refractivity contribution in [2.75, 3.05) is 33.2 Å². The van der Waals surface area contributed by atoms with Gasteiger partial charge in [-0.2, -0.15) is 0 Å². The lowest BCUT2D eigenvalue weighted by molar-refractivity contribution is 0.0697. The van der Waals surface area contributed by atoms with Gasteiger partial charge in [0.25, 0.3) is 0 Å². The minimum atomic E-state index is -0.855. The monoisotopic (exact) mass is 255 g/mol. The molecule has 0 atom stereocenters. The highest BCUT2D eigenvalue weighted by atomic mass is 32.1. The summed E-state index contributed by atoms with van der Waals surface area (Å²) in [5.74, 6) is -0.855. The summed E-state index contributed by atoms with van der Waals surface area (Å²) in [6.45, 7) is 4.86. The van der Waals surface area contributed by atoms with Crippen molar-refractivity contribution < 1.29 is 9.90 Å². The zero-order valence-corrected chi connectivity index (χ0v) is 10.7. The molecule has 0 saturated carbocycles. The third kappa shape index (κ3) is 3.50. The number of likely N-dealkylation sites (N-methyl/N-ethyl adjacent to an activating group) is 1. The summed E-state index contributed by atoms with van der Waals surface area (Å²) >= 11 is 1.49. The Morgan fingerprint density at radius 2 is 2.18 bits per heavy atom. The van der Waals surface area contributed by atoms with Crippen molar-refractivity contribution in [3.05, 3.63) is 21.9 Å². The van der Waals surface area contributed by atoms with Crippen LogP contribution in [0, 0.1) is 0 Å². The number of carbonyl (C=O) groups is 1. The van der Waals surface area contributed by atoms with Gasteiger partial charge >= 0.3 is 5.97 Å². The van der Waals surface area contributed by atoms with Crippen LogP contribution in [0.3, 0.4) is 0 Å². The van der Waals surface area contributed by atoms with Crippen LogP contribution in [0.1, 0.15) is 15.2 Å². The maximum atomic E-state index is 10.7. The van der Waals surface area contributed by atoms with Crippen molar-refractivity contribution in [3.63, 3.8) is 0 Å². The average molecular weight is 255 g/mol. The molecule has 1 aromatic heterocycles. The summed E-state index contributed by atoms with van der Waals surface area (Å²) in [6, 6.07) is 1.73. The molecule has 17 heavy (non-hydrogen) atoms. The van der Waals surface area contributed by atoms with E-state index in [1.807, 2.05) is 0 Å². The number of hydrogen-bond donors (Lipinski definition) is 2. The van der Waals surface area contributed by atoms with Crippen molar-refractivity contribution in [3.8, 4) is 0 Å². The summed E-state index contributed by atoms with van der Waals surface area (Å²) in [4.78, 5) is 14.1. The fourth-order valence-electron chi connectivity index (χ4n) is 1.74. The second-order valence-electron chi connectivity index (χ2n) is 4.23. The van der Waals surface area contributed by atoms with Crippen molar-refractivity contribution in [1.82, 2.24) is 15.3 Å². The highest BCUT2D eigenvalue weighted by Gasteiger charge is 2.13. The number of hydrazine groups is 1. The first kappa shape index (κ1) is 12.5. The molecule has 1 aliphatic heterocycles. The van der Waals surface area contributed by atoms with Crippen LogP contribution < -0.4 is 5.43 Å². The smallest absolute Gasteiger partial charge is 0.336 e. The van der Waals surface area contributed by atoms with Gasteiger partial charge in [-0.3, -0.25) is 0 Å². The molecule has 1 aromatic rings. The molecule has 1 saturated heterocycles. The van der Waals surface area contributed by atoms with Gasteiger partial charge in [-0.25, -0.2) is 15.2 Å². The molecule has 0 aliphatic carbocycles. The summed E-state index contributed by atoms with van der Waals surface area (Å²) in [7, 11) is 2.12. The van der Waals surface area contributed by atoms with Crippen LogP contribution in [-0.2, 0) is 6.54 Å². The van der Waals surface area contributed by atoms with Gasteiger partial charge in [0.1, 0.15) is 0 Å². The topological polar surface area (TPSA) is 55.8 Å². The van der Waals surface area contributed by atoms with Crippen molar-refractivity contribution >= 4 is 17.3 Å². The van der Waals surface area contributed by atoms with Crippen LogP contribution in [0.25, 0.3) is 0 Å². The highest BCUT2D eigenvalue weighted by Crippen LogP contribution is 2.14. The molecule has 2 rings (SSSR count). The van der Waals surface area contributed by atoms with Crippen LogP contribution in [0.15, 0.2) is 11.4 Å². The van der Waals surface area contributed by atoms with E-state index in [0.29, 0.717) is 12.1 Å². The Kier molecular flexibility index (Phi) is 4.11. The summed E-state index contributed by atoms with van der Waals surface area (Å²) in [5.41, 5.74) is 3.71. The van der Waals surface area contributed by atoms with E-state index < -0.39 is 5.97 Å². The lowest BCUT2D eigenvalue weighted by Crippen LogP contribution is -2.50. The van der Waals surface area contributed by atoms with E-state index >= 15 is 0 Å². The van der Waals surface area contributed by atoms with Crippen LogP contribution in [0.4, 0.5) is 0 Å². The molecule has 0 aromatic carbocycles. The van der Waals surface area contributed by atoms with E-state index in [4.69, 9.17) is 5.11 Å². The number of rotatable bonds is 4. The molecule has 1 fully saturated rings. The van der Waals surface area contributed by atoms with E-state index in [2.05, 4.69) is 22.4 Å². The van der Waals surface area contributed by atoms with Crippen LogP contribution in [0.2, 0.25) is 0 Å². The maximum absolute atomic E-state index is 10.7. The molecule has 0 amide bonds. The molecule has 2 heterocycles.